The molecule has 0 aromatic carbocycles. The van der Waals surface area contributed by atoms with E-state index in [9.17, 15) is 4.79 Å². The molecule has 0 atom stereocenters. The highest BCUT2D eigenvalue weighted by atomic mass is 16.2. The minimum absolute atomic E-state index is 0.0565. The van der Waals surface area contributed by atoms with Gasteiger partial charge in [0.15, 0.2) is 0 Å². The smallest absolute Gasteiger partial charge is 0.316 e. The van der Waals surface area contributed by atoms with Gasteiger partial charge in [0.05, 0.1) is 0 Å². The first-order valence-corrected chi connectivity index (χ1v) is 4.26. The van der Waals surface area contributed by atoms with E-state index in [0.717, 1.165) is 25.8 Å². The van der Waals surface area contributed by atoms with Gasteiger partial charge in [0.2, 0.25) is 0 Å². The molecular formula is C8H18N2O2. The van der Waals surface area contributed by atoms with E-state index >= 15 is 0 Å². The summed E-state index contributed by atoms with van der Waals surface area (Å²) < 4.78 is 0. The lowest BCUT2D eigenvalue weighted by Gasteiger charge is -2.15. The first-order chi connectivity index (χ1) is 5.72. The summed E-state index contributed by atoms with van der Waals surface area (Å²) in [5.41, 5.74) is 0. The maximum atomic E-state index is 10.9. The van der Waals surface area contributed by atoms with E-state index in [1.807, 2.05) is 0 Å². The molecule has 72 valence electrons. The first kappa shape index (κ1) is 11.2. The molecule has 0 heterocycles. The van der Waals surface area contributed by atoms with Crippen molar-refractivity contribution in [2.24, 2.45) is 0 Å². The van der Waals surface area contributed by atoms with E-state index in [1.165, 1.54) is 0 Å². The Morgan fingerprint density at radius 1 is 1.42 bits per heavy atom. The maximum Gasteiger partial charge on any atom is 0.316 e. The maximum absolute atomic E-state index is 10.9. The van der Waals surface area contributed by atoms with Gasteiger partial charge in [-0.3, -0.25) is 0 Å². The lowest BCUT2D eigenvalue weighted by molar-refractivity contribution is 0.209. The number of nitrogens with zero attached hydrogens (tertiary/aromatic N) is 1. The van der Waals surface area contributed by atoms with Crippen molar-refractivity contribution < 1.29 is 9.90 Å². The van der Waals surface area contributed by atoms with Crippen molar-refractivity contribution in [3.63, 3.8) is 0 Å². The van der Waals surface area contributed by atoms with Crippen molar-refractivity contribution in [3.05, 3.63) is 0 Å². The van der Waals surface area contributed by atoms with Crippen molar-refractivity contribution in [1.29, 1.82) is 0 Å². The second-order valence-electron chi connectivity index (χ2n) is 2.76. The zero-order valence-electron chi connectivity index (χ0n) is 7.84. The molecular weight excluding hydrogens is 156 g/mol. The van der Waals surface area contributed by atoms with Crippen LogP contribution >= 0.6 is 0 Å². The van der Waals surface area contributed by atoms with Crippen LogP contribution < -0.4 is 5.32 Å². The van der Waals surface area contributed by atoms with Gasteiger partial charge in [-0.2, -0.15) is 0 Å². The predicted octanol–water partition coefficient (Wildman–Crippen LogP) is 0.420. The third-order valence-electron chi connectivity index (χ3n) is 1.71. The lowest BCUT2D eigenvalue weighted by atomic mass is 10.2. The molecule has 0 aliphatic heterocycles. The van der Waals surface area contributed by atoms with Gasteiger partial charge in [-0.1, -0.05) is 0 Å². The molecule has 4 nitrogen and oxygen atoms in total. The summed E-state index contributed by atoms with van der Waals surface area (Å²) in [5, 5.41) is 11.0. The summed E-state index contributed by atoms with van der Waals surface area (Å²) in [6, 6.07) is -0.0565. The van der Waals surface area contributed by atoms with Gasteiger partial charge in [0.1, 0.15) is 0 Å². The summed E-state index contributed by atoms with van der Waals surface area (Å²) in [6.45, 7) is 0.989. The van der Waals surface area contributed by atoms with Gasteiger partial charge in [0.25, 0.3) is 0 Å². The van der Waals surface area contributed by atoms with Gasteiger partial charge in [0, 0.05) is 27.2 Å². The zero-order chi connectivity index (χ0) is 9.40. The van der Waals surface area contributed by atoms with Crippen molar-refractivity contribution in [2.45, 2.75) is 19.3 Å². The summed E-state index contributed by atoms with van der Waals surface area (Å²) in [7, 11) is 3.38. The van der Waals surface area contributed by atoms with E-state index in [2.05, 4.69) is 5.32 Å². The molecule has 0 aromatic heterocycles. The van der Waals surface area contributed by atoms with Crippen molar-refractivity contribution in [1.82, 2.24) is 10.2 Å². The number of unbranched alkanes of at least 4 members (excludes halogenated alkanes) is 2. The van der Waals surface area contributed by atoms with E-state index in [-0.39, 0.29) is 12.6 Å². The van der Waals surface area contributed by atoms with Crippen molar-refractivity contribution >= 4 is 6.03 Å². The first-order valence-electron chi connectivity index (χ1n) is 4.26. The molecule has 0 unspecified atom stereocenters. The summed E-state index contributed by atoms with van der Waals surface area (Å²) in [4.78, 5) is 12.6. The predicted molar refractivity (Wildman–Crippen MR) is 48.0 cm³/mol. The van der Waals surface area contributed by atoms with Crippen LogP contribution in [0.2, 0.25) is 0 Å². The molecule has 0 aromatic rings. The second kappa shape index (κ2) is 6.91. The molecule has 2 N–H and O–H groups in total. The molecule has 0 aliphatic rings. The fraction of sp³-hybridized carbons (Fsp3) is 0.875. The molecule has 0 aliphatic carbocycles. The highest BCUT2D eigenvalue weighted by molar-refractivity contribution is 5.73. The summed E-state index contributed by atoms with van der Waals surface area (Å²) >= 11 is 0. The van der Waals surface area contributed by atoms with Crippen LogP contribution in [0.3, 0.4) is 0 Å². The number of aliphatic hydroxyl groups excluding tert-OH is 1. The quantitative estimate of drug-likeness (QED) is 0.593. The highest BCUT2D eigenvalue weighted by Crippen LogP contribution is 1.96. The molecule has 0 rings (SSSR count). The third-order valence-corrected chi connectivity index (χ3v) is 1.71. The Morgan fingerprint density at radius 3 is 2.58 bits per heavy atom. The number of hydrogen-bond donors (Lipinski definition) is 2. The Hall–Kier alpha value is -0.770. The largest absolute Gasteiger partial charge is 0.396 e. The number of nitrogens with one attached hydrogen (secondary N) is 1. The Labute approximate surface area is 73.6 Å². The number of aliphatic hydroxyl groups is 1. The molecule has 0 bridgehead atoms. The van der Waals surface area contributed by atoms with Crippen LogP contribution in [0.1, 0.15) is 19.3 Å². The van der Waals surface area contributed by atoms with Gasteiger partial charge in [-0.25, -0.2) is 4.79 Å². The van der Waals surface area contributed by atoms with E-state index in [1.54, 1.807) is 19.0 Å². The molecule has 0 radical (unpaired) electrons. The van der Waals surface area contributed by atoms with Gasteiger partial charge < -0.3 is 15.3 Å². The standard InChI is InChI=1S/C8H18N2O2/c1-9-8(12)10(2)6-4-3-5-7-11/h11H,3-7H2,1-2H3,(H,9,12). The Morgan fingerprint density at radius 2 is 2.08 bits per heavy atom. The van der Waals surface area contributed by atoms with Crippen LogP contribution in [0, 0.1) is 0 Å². The van der Waals surface area contributed by atoms with E-state index in [0.29, 0.717) is 0 Å². The summed E-state index contributed by atoms with van der Waals surface area (Å²) in [5.74, 6) is 0. The Kier molecular flexibility index (Phi) is 6.47. The Balaban J connectivity index is 3.31. The lowest BCUT2D eigenvalue weighted by Crippen LogP contribution is -2.35. The van der Waals surface area contributed by atoms with Gasteiger partial charge in [-0.05, 0) is 19.3 Å². The average Bonchev–Trinajstić information content (AvgIpc) is 2.10. The average molecular weight is 174 g/mol. The van der Waals surface area contributed by atoms with Crippen LogP contribution in [-0.4, -0.2) is 43.3 Å². The van der Waals surface area contributed by atoms with Crippen LogP contribution in [0.25, 0.3) is 0 Å². The number of amides is 2. The molecule has 0 spiro atoms. The number of carbonyl (C=O) groups excluding carboxylic acids is 1. The zero-order valence-corrected chi connectivity index (χ0v) is 7.84. The normalized spacial score (nSPS) is 9.58. The fourth-order valence-electron chi connectivity index (χ4n) is 0.930. The van der Waals surface area contributed by atoms with E-state index < -0.39 is 0 Å². The third kappa shape index (κ3) is 4.96. The van der Waals surface area contributed by atoms with Crippen LogP contribution in [0.5, 0.6) is 0 Å². The SMILES string of the molecule is CNC(=O)N(C)CCCCCO. The van der Waals surface area contributed by atoms with Crippen LogP contribution in [-0.2, 0) is 0 Å². The molecule has 4 heteroatoms. The topological polar surface area (TPSA) is 52.6 Å². The minimum atomic E-state index is -0.0565. The highest BCUT2D eigenvalue weighted by Gasteiger charge is 2.03. The van der Waals surface area contributed by atoms with E-state index in [4.69, 9.17) is 5.11 Å². The van der Waals surface area contributed by atoms with Gasteiger partial charge in [-0.15, -0.1) is 0 Å². The van der Waals surface area contributed by atoms with Gasteiger partial charge >= 0.3 is 6.03 Å². The number of urea groups is 1. The number of rotatable bonds is 5. The fourth-order valence-corrected chi connectivity index (χ4v) is 0.930. The molecule has 12 heavy (non-hydrogen) atoms. The van der Waals surface area contributed by atoms with Crippen LogP contribution in [0.15, 0.2) is 0 Å². The molecule has 0 fully saturated rings. The molecule has 0 saturated carbocycles. The second-order valence-corrected chi connectivity index (χ2v) is 2.76. The molecule has 0 saturated heterocycles. The van der Waals surface area contributed by atoms with Crippen molar-refractivity contribution in [2.75, 3.05) is 27.2 Å². The monoisotopic (exact) mass is 174 g/mol. The molecule has 2 amide bonds. The van der Waals surface area contributed by atoms with Crippen LogP contribution in [0.4, 0.5) is 4.79 Å². The van der Waals surface area contributed by atoms with Crippen molar-refractivity contribution in [3.8, 4) is 0 Å². The number of carbonyl (C=O) groups is 1. The summed E-state index contributed by atoms with van der Waals surface area (Å²) in [6.07, 6.45) is 2.74. The minimum Gasteiger partial charge on any atom is -0.396 e. The Bertz CT molecular complexity index is 128. The number of hydrogen-bond acceptors (Lipinski definition) is 2.